The van der Waals surface area contributed by atoms with Gasteiger partial charge in [0.2, 0.25) is 0 Å². The lowest BCUT2D eigenvalue weighted by Crippen LogP contribution is -2.36. The summed E-state index contributed by atoms with van der Waals surface area (Å²) in [7, 11) is -4.93. The summed E-state index contributed by atoms with van der Waals surface area (Å²) in [6.45, 7) is -5.33. The fourth-order valence-electron chi connectivity index (χ4n) is 5.35. The maximum Gasteiger partial charge on any atom is 0.472 e. The molecule has 6 N–H and O–H groups in total. The number of phosphoric acid groups is 1. The van der Waals surface area contributed by atoms with Gasteiger partial charge in [-0.15, -0.1) is 0 Å². The van der Waals surface area contributed by atoms with Crippen molar-refractivity contribution in [1.82, 2.24) is 29.1 Å². The summed E-state index contributed by atoms with van der Waals surface area (Å²) in [5.41, 5.74) is 7.57. The highest BCUT2D eigenvalue weighted by atomic mass is 32.5. The molecular weight excluding hydrogens is 632 g/mol. The van der Waals surface area contributed by atoms with Crippen LogP contribution < -0.4 is 5.73 Å². The van der Waals surface area contributed by atoms with E-state index < -0.39 is 76.8 Å². The predicted octanol–water partition coefficient (Wildman–Crippen LogP) is 0.109. The van der Waals surface area contributed by atoms with E-state index >= 15 is 0 Å². The number of nitrogen functional groups attached to an aromatic ring is 1. The van der Waals surface area contributed by atoms with Crippen LogP contribution in [0.3, 0.4) is 0 Å². The number of imidazole rings is 2. The number of para-hydroxylation sites is 2. The van der Waals surface area contributed by atoms with Gasteiger partial charge in [-0.05, 0) is 23.9 Å². The van der Waals surface area contributed by atoms with Gasteiger partial charge < -0.3 is 44.3 Å². The number of aromatic nitrogens is 6. The van der Waals surface area contributed by atoms with E-state index in [9.17, 15) is 24.6 Å². The molecule has 4 aromatic rings. The molecule has 7 rings (SSSR count). The molecule has 1 aromatic carbocycles. The summed E-state index contributed by atoms with van der Waals surface area (Å²) in [6.07, 6.45) is -6.78. The van der Waals surface area contributed by atoms with Crippen molar-refractivity contribution >= 4 is 54.4 Å². The molecule has 0 aliphatic carbocycles. The highest BCUT2D eigenvalue weighted by molar-refractivity contribution is 8.07. The molecule has 2 bridgehead atoms. The molecule has 3 saturated heterocycles. The summed E-state index contributed by atoms with van der Waals surface area (Å²) in [5, 5.41) is 22.3. The fourth-order valence-corrected chi connectivity index (χ4v) is 7.73. The van der Waals surface area contributed by atoms with Gasteiger partial charge in [-0.25, -0.2) is 24.5 Å². The van der Waals surface area contributed by atoms with Crippen LogP contribution in [0.25, 0.3) is 22.2 Å². The maximum absolute atomic E-state index is 13.1. The number of nitrogens with zero attached hydrogens (tertiary/aromatic N) is 6. The maximum atomic E-state index is 13.1. The molecular formula is C22H25N7O11P2S. The van der Waals surface area contributed by atoms with E-state index in [1.807, 2.05) is 0 Å². The van der Waals surface area contributed by atoms with E-state index in [-0.39, 0.29) is 17.0 Å². The van der Waals surface area contributed by atoms with Crippen molar-refractivity contribution in [2.45, 2.75) is 49.1 Å². The van der Waals surface area contributed by atoms with Crippen molar-refractivity contribution in [2.24, 2.45) is 0 Å². The zero-order valence-corrected chi connectivity index (χ0v) is 24.4. The molecule has 3 aliphatic rings. The van der Waals surface area contributed by atoms with E-state index in [1.54, 1.807) is 28.8 Å². The number of fused-ring (bicyclic) bond motifs is 5. The molecule has 0 radical (unpaired) electrons. The number of rotatable bonds is 2. The minimum atomic E-state index is -4.93. The van der Waals surface area contributed by atoms with Crippen molar-refractivity contribution in [1.29, 1.82) is 0 Å². The second kappa shape index (κ2) is 10.8. The molecule has 10 atom stereocenters. The third kappa shape index (κ3) is 5.29. The number of benzene rings is 1. The van der Waals surface area contributed by atoms with Gasteiger partial charge in [-0.2, -0.15) is 0 Å². The number of phosphoric ester groups is 1. The van der Waals surface area contributed by atoms with Crippen molar-refractivity contribution in [3.63, 3.8) is 0 Å². The Labute approximate surface area is 246 Å². The highest BCUT2D eigenvalue weighted by Crippen LogP contribution is 2.54. The summed E-state index contributed by atoms with van der Waals surface area (Å²) in [5.74, 6) is 0.0887. The first kappa shape index (κ1) is 29.2. The lowest BCUT2D eigenvalue weighted by Gasteiger charge is -2.27. The Morgan fingerprint density at radius 3 is 2.47 bits per heavy atom. The van der Waals surface area contributed by atoms with Gasteiger partial charge in [0.15, 0.2) is 23.9 Å². The molecule has 6 heterocycles. The lowest BCUT2D eigenvalue weighted by molar-refractivity contribution is -0.0634. The van der Waals surface area contributed by atoms with Crippen molar-refractivity contribution in [2.75, 3.05) is 18.9 Å². The topological polar surface area (TPSA) is 241 Å². The normalized spacial score (nSPS) is 38.9. The van der Waals surface area contributed by atoms with Gasteiger partial charge in [0.1, 0.15) is 48.5 Å². The van der Waals surface area contributed by atoms with E-state index in [4.69, 9.17) is 45.1 Å². The molecule has 0 amide bonds. The number of ether oxygens (including phenoxy) is 2. The zero-order chi connectivity index (χ0) is 30.1. The Kier molecular flexibility index (Phi) is 7.38. The average molecular weight is 657 g/mol. The Hall–Kier alpha value is -2.48. The third-order valence-corrected chi connectivity index (χ3v) is 9.90. The first-order chi connectivity index (χ1) is 20.5. The summed E-state index contributed by atoms with van der Waals surface area (Å²) < 4.78 is 49.8. The van der Waals surface area contributed by atoms with Gasteiger partial charge in [-0.1, -0.05) is 12.1 Å². The van der Waals surface area contributed by atoms with Crippen LogP contribution in [0.2, 0.25) is 0 Å². The highest BCUT2D eigenvalue weighted by Gasteiger charge is 2.53. The van der Waals surface area contributed by atoms with Crippen LogP contribution in [-0.4, -0.2) is 98.9 Å². The first-order valence-corrected chi connectivity index (χ1v) is 16.9. The molecule has 3 aromatic heterocycles. The molecule has 21 heteroatoms. The van der Waals surface area contributed by atoms with Gasteiger partial charge in [-0.3, -0.25) is 18.1 Å². The van der Waals surface area contributed by atoms with Crippen LogP contribution in [0, 0.1) is 0 Å². The standard InChI is InChI=1S/C22H25N7O11P2S/c23-19-14-20(25-7-24-19)29(9-27-14)21-16(31)17-13(38-21)6-36-42(34,43)40-18-15(30)12(5-35-41(32,33)39-17)37-22(18)28-8-26-10-3-1-2-4-11(10)28/h1-4,7-9,12-13,15-18,21-22,30-31H,5-6H2,(H,32,33)(H,34,43)(H2,23,24,25). The smallest absolute Gasteiger partial charge is 0.387 e. The second-order valence-electron chi connectivity index (χ2n) is 10.0. The average Bonchev–Trinajstić information content (AvgIpc) is 3.72. The van der Waals surface area contributed by atoms with Crippen LogP contribution in [0.5, 0.6) is 0 Å². The minimum Gasteiger partial charge on any atom is -0.387 e. The molecule has 3 fully saturated rings. The Bertz CT molecular complexity index is 1780. The number of aliphatic hydroxyl groups is 2. The van der Waals surface area contributed by atoms with Gasteiger partial charge >= 0.3 is 14.5 Å². The van der Waals surface area contributed by atoms with E-state index in [2.05, 4.69) is 19.9 Å². The van der Waals surface area contributed by atoms with Crippen LogP contribution in [0.1, 0.15) is 12.5 Å². The molecule has 18 nitrogen and oxygen atoms in total. The number of anilines is 1. The zero-order valence-electron chi connectivity index (χ0n) is 21.8. The molecule has 10 unspecified atom stereocenters. The van der Waals surface area contributed by atoms with Crippen molar-refractivity contribution in [3.8, 4) is 0 Å². The first-order valence-electron chi connectivity index (χ1n) is 12.8. The number of nitrogens with two attached hydrogens (primary N) is 1. The van der Waals surface area contributed by atoms with Crippen LogP contribution >= 0.6 is 14.5 Å². The van der Waals surface area contributed by atoms with Gasteiger partial charge in [0.05, 0.1) is 36.9 Å². The monoisotopic (exact) mass is 657 g/mol. The summed E-state index contributed by atoms with van der Waals surface area (Å²) in [4.78, 5) is 38.2. The Balaban J connectivity index is 1.20. The number of aliphatic hydroxyl groups excluding tert-OH is 2. The predicted molar refractivity (Wildman–Crippen MR) is 147 cm³/mol. The van der Waals surface area contributed by atoms with Crippen LogP contribution in [-0.2, 0) is 43.9 Å². The SMILES string of the molecule is Nc1ncnc2c1ncn2C1OC2COP(O)(=S)OC3C(O)C(COP(=O)(O)OC2C1O)OC3n1cnc2ccccc21. The van der Waals surface area contributed by atoms with Crippen molar-refractivity contribution < 1.29 is 52.1 Å². The molecule has 43 heavy (non-hydrogen) atoms. The van der Waals surface area contributed by atoms with E-state index in [1.165, 1.54) is 23.5 Å². The van der Waals surface area contributed by atoms with Crippen LogP contribution in [0.4, 0.5) is 5.82 Å². The third-order valence-electron chi connectivity index (χ3n) is 7.35. The van der Waals surface area contributed by atoms with E-state index in [0.717, 1.165) is 0 Å². The fraction of sp³-hybridized carbons (Fsp3) is 0.455. The largest absolute Gasteiger partial charge is 0.472 e. The number of hydrogen-bond acceptors (Lipinski definition) is 15. The lowest BCUT2D eigenvalue weighted by atomic mass is 10.1. The minimum absolute atomic E-state index is 0.0887. The van der Waals surface area contributed by atoms with Crippen LogP contribution in [0.15, 0.2) is 43.2 Å². The second-order valence-corrected chi connectivity index (χ2v) is 14.2. The number of hydrogen-bond donors (Lipinski definition) is 5. The Morgan fingerprint density at radius 2 is 1.63 bits per heavy atom. The molecule has 0 spiro atoms. The summed E-state index contributed by atoms with van der Waals surface area (Å²) in [6, 6.07) is 7.11. The quantitative estimate of drug-likeness (QED) is 0.180. The Morgan fingerprint density at radius 1 is 0.884 bits per heavy atom. The summed E-state index contributed by atoms with van der Waals surface area (Å²) >= 11 is 5.26. The molecule has 3 aliphatic heterocycles. The molecule has 230 valence electrons. The van der Waals surface area contributed by atoms with E-state index in [0.29, 0.717) is 11.0 Å². The van der Waals surface area contributed by atoms with Gasteiger partial charge in [0, 0.05) is 0 Å². The van der Waals surface area contributed by atoms with Gasteiger partial charge in [0.25, 0.3) is 0 Å². The molecule has 0 saturated carbocycles. The van der Waals surface area contributed by atoms with Crippen molar-refractivity contribution in [3.05, 3.63) is 43.2 Å².